The summed E-state index contributed by atoms with van der Waals surface area (Å²) in [6.07, 6.45) is 1.51. The van der Waals surface area contributed by atoms with Crippen molar-refractivity contribution in [3.05, 3.63) is 72.8 Å². The van der Waals surface area contributed by atoms with Gasteiger partial charge in [-0.15, -0.1) is 0 Å². The van der Waals surface area contributed by atoms with Gasteiger partial charge in [-0.3, -0.25) is 4.72 Å². The van der Waals surface area contributed by atoms with Crippen LogP contribution >= 0.6 is 0 Å². The number of anilines is 2. The van der Waals surface area contributed by atoms with Crippen LogP contribution in [0.1, 0.15) is 12.8 Å². The summed E-state index contributed by atoms with van der Waals surface area (Å²) in [6.45, 7) is 0.796. The highest BCUT2D eigenvalue weighted by atomic mass is 32.2. The Hall–Kier alpha value is -3.08. The predicted molar refractivity (Wildman–Crippen MR) is 121 cm³/mol. The minimum atomic E-state index is -3.74. The Bertz CT molecular complexity index is 1380. The second-order valence-corrected chi connectivity index (χ2v) is 11.0. The summed E-state index contributed by atoms with van der Waals surface area (Å²) < 4.78 is 61.6. The second-order valence-electron chi connectivity index (χ2n) is 7.65. The molecule has 1 saturated heterocycles. The molecule has 1 fully saturated rings. The number of hydrogen-bond acceptors (Lipinski definition) is 6. The number of nitrogens with one attached hydrogen (secondary N) is 2. The van der Waals surface area contributed by atoms with E-state index in [0.29, 0.717) is 22.9 Å². The maximum atomic E-state index is 12.7. The molecule has 1 unspecified atom stereocenters. The van der Waals surface area contributed by atoms with E-state index in [2.05, 4.69) is 14.3 Å². The summed E-state index contributed by atoms with van der Waals surface area (Å²) in [5, 5.41) is 0. The van der Waals surface area contributed by atoms with Crippen molar-refractivity contribution in [2.75, 3.05) is 16.2 Å². The lowest BCUT2D eigenvalue weighted by Gasteiger charge is -2.33. The Morgan fingerprint density at radius 3 is 2.56 bits per heavy atom. The van der Waals surface area contributed by atoms with Gasteiger partial charge in [0.2, 0.25) is 10.0 Å². The lowest BCUT2D eigenvalue weighted by molar-refractivity contribution is 0.479. The Labute approximate surface area is 186 Å². The van der Waals surface area contributed by atoms with E-state index >= 15 is 0 Å². The van der Waals surface area contributed by atoms with E-state index in [1.165, 1.54) is 18.2 Å². The van der Waals surface area contributed by atoms with Crippen LogP contribution in [-0.2, 0) is 20.0 Å². The molecule has 5 rings (SSSR count). The molecule has 0 aliphatic carbocycles. The highest BCUT2D eigenvalue weighted by Gasteiger charge is 2.37. The molecule has 0 aromatic heterocycles. The molecule has 3 aromatic carbocycles. The van der Waals surface area contributed by atoms with Crippen LogP contribution < -0.4 is 19.1 Å². The molecule has 0 radical (unpaired) electrons. The minimum Gasteiger partial charge on any atom is -0.457 e. The van der Waals surface area contributed by atoms with Gasteiger partial charge in [0.1, 0.15) is 16.4 Å². The molecular formula is C22H21N3O5S2. The molecule has 0 saturated carbocycles. The number of sulfonamides is 2. The molecule has 2 aliphatic rings. The molecule has 8 nitrogen and oxygen atoms in total. The van der Waals surface area contributed by atoms with Gasteiger partial charge < -0.3 is 9.64 Å². The van der Waals surface area contributed by atoms with Crippen molar-refractivity contribution in [3.8, 4) is 11.5 Å². The Morgan fingerprint density at radius 2 is 1.75 bits per heavy atom. The Morgan fingerprint density at radius 1 is 0.969 bits per heavy atom. The quantitative estimate of drug-likeness (QED) is 0.590. The molecule has 3 aromatic rings. The van der Waals surface area contributed by atoms with Crippen molar-refractivity contribution in [2.45, 2.75) is 28.8 Å². The monoisotopic (exact) mass is 471 g/mol. The van der Waals surface area contributed by atoms with Gasteiger partial charge in [0.15, 0.2) is 0 Å². The first-order valence-electron chi connectivity index (χ1n) is 10.1. The average molecular weight is 472 g/mol. The van der Waals surface area contributed by atoms with Crippen molar-refractivity contribution >= 4 is 31.4 Å². The first kappa shape index (κ1) is 20.8. The van der Waals surface area contributed by atoms with Crippen LogP contribution in [-0.4, -0.2) is 29.5 Å². The van der Waals surface area contributed by atoms with Crippen molar-refractivity contribution in [1.82, 2.24) is 4.72 Å². The van der Waals surface area contributed by atoms with Gasteiger partial charge in [0.05, 0.1) is 22.4 Å². The number of nitrogens with zero attached hydrogens (tertiary/aromatic N) is 1. The number of hydrogen-bond donors (Lipinski definition) is 2. The van der Waals surface area contributed by atoms with Gasteiger partial charge >= 0.3 is 0 Å². The molecule has 10 heteroatoms. The van der Waals surface area contributed by atoms with Gasteiger partial charge in [0, 0.05) is 18.7 Å². The molecule has 2 heterocycles. The number of fused-ring (bicyclic) bond motifs is 3. The third kappa shape index (κ3) is 3.92. The van der Waals surface area contributed by atoms with Crippen LogP contribution in [0.25, 0.3) is 0 Å². The fourth-order valence-electron chi connectivity index (χ4n) is 4.00. The third-order valence-corrected chi connectivity index (χ3v) is 8.34. The molecule has 0 amide bonds. The SMILES string of the molecule is O=S(=O)(Nc1cccc(Oc2ccc3c(c2)S(=O)(=O)NC2CCCN32)c1)c1ccccc1. The van der Waals surface area contributed by atoms with Gasteiger partial charge in [-0.2, -0.15) is 4.72 Å². The van der Waals surface area contributed by atoms with Crippen LogP contribution in [0.4, 0.5) is 11.4 Å². The highest BCUT2D eigenvalue weighted by Crippen LogP contribution is 2.38. The van der Waals surface area contributed by atoms with Crippen molar-refractivity contribution in [3.63, 3.8) is 0 Å². The standard InChI is InChI=1S/C22H21N3O5S2/c26-31(27,19-8-2-1-3-9-19)23-16-6-4-7-17(14-16)30-18-11-12-20-21(15-18)32(28,29)24-22-10-5-13-25(20)22/h1-4,6-9,11-12,14-15,22-24H,5,10,13H2. The lowest BCUT2D eigenvalue weighted by atomic mass is 10.2. The second kappa shape index (κ2) is 7.80. The molecule has 2 N–H and O–H groups in total. The molecular weight excluding hydrogens is 450 g/mol. The van der Waals surface area contributed by atoms with Crippen LogP contribution in [0.3, 0.4) is 0 Å². The van der Waals surface area contributed by atoms with Gasteiger partial charge in [0.25, 0.3) is 10.0 Å². The van der Waals surface area contributed by atoms with E-state index in [1.54, 1.807) is 54.6 Å². The number of rotatable bonds is 5. The first-order valence-corrected chi connectivity index (χ1v) is 13.1. The zero-order valence-corrected chi connectivity index (χ0v) is 18.6. The van der Waals surface area contributed by atoms with E-state index in [9.17, 15) is 16.8 Å². The lowest BCUT2D eigenvalue weighted by Crippen LogP contribution is -2.48. The summed E-state index contributed by atoms with van der Waals surface area (Å²) in [5.41, 5.74) is 1.00. The van der Waals surface area contributed by atoms with Gasteiger partial charge in [-0.05, 0) is 49.2 Å². The zero-order valence-electron chi connectivity index (χ0n) is 16.9. The average Bonchev–Trinajstić information content (AvgIpc) is 3.22. The molecule has 2 aliphatic heterocycles. The molecule has 1 atom stereocenters. The molecule has 0 spiro atoms. The fourth-order valence-corrected chi connectivity index (χ4v) is 6.54. The molecule has 166 valence electrons. The summed E-state index contributed by atoms with van der Waals surface area (Å²) in [5.74, 6) is 0.716. The minimum absolute atomic E-state index is 0.152. The van der Waals surface area contributed by atoms with E-state index in [4.69, 9.17) is 4.74 Å². The zero-order chi connectivity index (χ0) is 22.3. The fraction of sp³-hybridized carbons (Fsp3) is 0.182. The molecule has 32 heavy (non-hydrogen) atoms. The first-order chi connectivity index (χ1) is 15.3. The summed E-state index contributed by atoms with van der Waals surface area (Å²) >= 11 is 0. The summed E-state index contributed by atoms with van der Waals surface area (Å²) in [6, 6.07) is 19.5. The van der Waals surface area contributed by atoms with Crippen molar-refractivity contribution in [1.29, 1.82) is 0 Å². The summed E-state index contributed by atoms with van der Waals surface area (Å²) in [4.78, 5) is 2.38. The van der Waals surface area contributed by atoms with E-state index in [0.717, 1.165) is 19.4 Å². The van der Waals surface area contributed by atoms with Crippen LogP contribution in [0.2, 0.25) is 0 Å². The topological polar surface area (TPSA) is 105 Å². The summed E-state index contributed by atoms with van der Waals surface area (Å²) in [7, 11) is -7.37. The van der Waals surface area contributed by atoms with Crippen LogP contribution in [0, 0.1) is 0 Å². The normalized spacial score (nSPS) is 19.1. The van der Waals surface area contributed by atoms with E-state index < -0.39 is 20.0 Å². The van der Waals surface area contributed by atoms with Crippen LogP contribution in [0.5, 0.6) is 11.5 Å². The highest BCUT2D eigenvalue weighted by molar-refractivity contribution is 7.92. The van der Waals surface area contributed by atoms with Crippen LogP contribution in [0.15, 0.2) is 82.6 Å². The van der Waals surface area contributed by atoms with Gasteiger partial charge in [-0.1, -0.05) is 24.3 Å². The predicted octanol–water partition coefficient (Wildman–Crippen LogP) is 3.50. The Balaban J connectivity index is 1.40. The smallest absolute Gasteiger partial charge is 0.261 e. The molecule has 0 bridgehead atoms. The maximum Gasteiger partial charge on any atom is 0.261 e. The number of ether oxygens (including phenoxy) is 1. The third-order valence-electron chi connectivity index (χ3n) is 5.45. The van der Waals surface area contributed by atoms with Crippen molar-refractivity contribution < 1.29 is 21.6 Å². The largest absolute Gasteiger partial charge is 0.457 e. The number of benzene rings is 3. The Kier molecular flexibility index (Phi) is 5.07. The van der Waals surface area contributed by atoms with Gasteiger partial charge in [-0.25, -0.2) is 16.8 Å². The maximum absolute atomic E-state index is 12.7. The van der Waals surface area contributed by atoms with E-state index in [-0.39, 0.29) is 16.0 Å². The van der Waals surface area contributed by atoms with E-state index in [1.807, 2.05) is 0 Å². The van der Waals surface area contributed by atoms with Crippen molar-refractivity contribution in [2.24, 2.45) is 0 Å².